The van der Waals surface area contributed by atoms with Gasteiger partial charge in [0.05, 0.1) is 0 Å². The molecule has 3 rings (SSSR count). The monoisotopic (exact) mass is 292 g/mol. The van der Waals surface area contributed by atoms with Crippen molar-refractivity contribution >= 4 is 0 Å². The molecule has 2 atom stereocenters. The van der Waals surface area contributed by atoms with Crippen molar-refractivity contribution in [3.05, 3.63) is 41.5 Å². The summed E-state index contributed by atoms with van der Waals surface area (Å²) in [5.41, 5.74) is 0.644. The van der Waals surface area contributed by atoms with Gasteiger partial charge in [0.2, 0.25) is 0 Å². The number of rotatable bonds is 1. The zero-order valence-electron chi connectivity index (χ0n) is 10.8. The summed E-state index contributed by atoms with van der Waals surface area (Å²) in [6.07, 6.45) is -2.50. The maximum atomic E-state index is 14.3. The van der Waals surface area contributed by atoms with Crippen molar-refractivity contribution in [2.24, 2.45) is 0 Å². The van der Waals surface area contributed by atoms with Gasteiger partial charge in [-0.1, -0.05) is 6.07 Å². The van der Waals surface area contributed by atoms with Crippen molar-refractivity contribution in [3.8, 4) is 28.7 Å². The molecule has 6 heteroatoms. The lowest BCUT2D eigenvalue weighted by Gasteiger charge is -2.30. The Morgan fingerprint density at radius 1 is 0.952 bits per heavy atom. The lowest BCUT2D eigenvalue weighted by Crippen LogP contribution is -2.27. The third-order valence-electron chi connectivity index (χ3n) is 3.48. The van der Waals surface area contributed by atoms with Gasteiger partial charge in [-0.3, -0.25) is 0 Å². The fourth-order valence-electron chi connectivity index (χ4n) is 2.43. The SMILES string of the molecule is Oc1cc(O)c2c(c1)O[C@H](c1ccc(O)c(O)c1)[C@@H](F)C2. The summed E-state index contributed by atoms with van der Waals surface area (Å²) in [4.78, 5) is 0. The number of hydrogen-bond donors (Lipinski definition) is 4. The van der Waals surface area contributed by atoms with Gasteiger partial charge in [-0.15, -0.1) is 0 Å². The Bertz CT molecular complexity index is 701. The highest BCUT2D eigenvalue weighted by atomic mass is 19.1. The van der Waals surface area contributed by atoms with Crippen LogP contribution in [0.1, 0.15) is 17.2 Å². The highest BCUT2D eigenvalue weighted by Gasteiger charge is 2.33. The van der Waals surface area contributed by atoms with Crippen molar-refractivity contribution < 1.29 is 29.6 Å². The number of hydrogen-bond acceptors (Lipinski definition) is 5. The van der Waals surface area contributed by atoms with Crippen LogP contribution < -0.4 is 4.74 Å². The fourth-order valence-corrected chi connectivity index (χ4v) is 2.43. The third kappa shape index (κ3) is 2.29. The minimum atomic E-state index is -1.43. The molecule has 1 heterocycles. The molecule has 0 aliphatic carbocycles. The van der Waals surface area contributed by atoms with Crippen LogP contribution in [-0.2, 0) is 6.42 Å². The molecular weight excluding hydrogens is 279 g/mol. The maximum absolute atomic E-state index is 14.3. The number of aromatic hydroxyl groups is 4. The molecule has 21 heavy (non-hydrogen) atoms. The lowest BCUT2D eigenvalue weighted by atomic mass is 9.95. The molecule has 0 radical (unpaired) electrons. The zero-order valence-corrected chi connectivity index (χ0v) is 10.8. The van der Waals surface area contributed by atoms with Gasteiger partial charge in [-0.05, 0) is 17.7 Å². The van der Waals surface area contributed by atoms with Gasteiger partial charge >= 0.3 is 0 Å². The minimum Gasteiger partial charge on any atom is -0.508 e. The quantitative estimate of drug-likeness (QED) is 0.606. The van der Waals surface area contributed by atoms with E-state index in [1.165, 1.54) is 24.3 Å². The second kappa shape index (κ2) is 4.73. The normalized spacial score (nSPS) is 20.6. The highest BCUT2D eigenvalue weighted by molar-refractivity contribution is 5.52. The van der Waals surface area contributed by atoms with Crippen molar-refractivity contribution in [1.29, 1.82) is 0 Å². The highest BCUT2D eigenvalue weighted by Crippen LogP contribution is 2.43. The van der Waals surface area contributed by atoms with Crippen LogP contribution in [0.3, 0.4) is 0 Å². The molecule has 0 bridgehead atoms. The first-order chi connectivity index (χ1) is 9.95. The summed E-state index contributed by atoms with van der Waals surface area (Å²) >= 11 is 0. The average Bonchev–Trinajstić information content (AvgIpc) is 2.42. The number of phenols is 4. The Kier molecular flexibility index (Phi) is 3.01. The molecule has 0 amide bonds. The molecule has 0 saturated carbocycles. The van der Waals surface area contributed by atoms with E-state index in [-0.39, 0.29) is 35.2 Å². The van der Waals surface area contributed by atoms with Gasteiger partial charge < -0.3 is 25.2 Å². The van der Waals surface area contributed by atoms with Crippen LogP contribution in [0.15, 0.2) is 30.3 Å². The van der Waals surface area contributed by atoms with Gasteiger partial charge in [-0.2, -0.15) is 0 Å². The number of benzene rings is 2. The number of fused-ring (bicyclic) bond motifs is 1. The fraction of sp³-hybridized carbons (Fsp3) is 0.200. The Hall–Kier alpha value is -2.63. The lowest BCUT2D eigenvalue weighted by molar-refractivity contribution is 0.0796. The first-order valence-electron chi connectivity index (χ1n) is 6.33. The summed E-state index contributed by atoms with van der Waals surface area (Å²) in [7, 11) is 0. The van der Waals surface area contributed by atoms with Crippen LogP contribution in [-0.4, -0.2) is 26.6 Å². The standard InChI is InChI=1S/C15H13FO5/c16-10-6-9-12(19)4-8(17)5-14(9)21-15(10)7-1-2-11(18)13(20)3-7/h1-5,10,15,17-20H,6H2/t10-,15+/m0/s1. The average molecular weight is 292 g/mol. The van der Waals surface area contributed by atoms with Crippen LogP contribution in [0.4, 0.5) is 4.39 Å². The van der Waals surface area contributed by atoms with Crippen LogP contribution in [0.2, 0.25) is 0 Å². The molecule has 0 aromatic heterocycles. The number of alkyl halides is 1. The number of halogens is 1. The van der Waals surface area contributed by atoms with E-state index in [0.29, 0.717) is 11.1 Å². The molecule has 0 unspecified atom stereocenters. The number of phenolic OH excluding ortho intramolecular Hbond substituents is 4. The van der Waals surface area contributed by atoms with E-state index in [4.69, 9.17) is 4.74 Å². The molecular formula is C15H13FO5. The van der Waals surface area contributed by atoms with Crippen LogP contribution >= 0.6 is 0 Å². The van der Waals surface area contributed by atoms with Gasteiger partial charge in [0.25, 0.3) is 0 Å². The first kappa shape index (κ1) is 13.4. The summed E-state index contributed by atoms with van der Waals surface area (Å²) < 4.78 is 19.8. The van der Waals surface area contributed by atoms with Crippen LogP contribution in [0, 0.1) is 0 Å². The Morgan fingerprint density at radius 2 is 1.71 bits per heavy atom. The Balaban J connectivity index is 2.00. The predicted molar refractivity (Wildman–Crippen MR) is 71.5 cm³/mol. The zero-order chi connectivity index (χ0) is 15.1. The van der Waals surface area contributed by atoms with E-state index in [9.17, 15) is 24.8 Å². The molecule has 2 aromatic rings. The van der Waals surface area contributed by atoms with E-state index in [1.54, 1.807) is 0 Å². The van der Waals surface area contributed by atoms with E-state index >= 15 is 0 Å². The molecule has 1 aliphatic rings. The van der Waals surface area contributed by atoms with Crippen molar-refractivity contribution in [2.45, 2.75) is 18.7 Å². The molecule has 1 aliphatic heterocycles. The Morgan fingerprint density at radius 3 is 2.43 bits per heavy atom. The van der Waals surface area contributed by atoms with E-state index in [1.807, 2.05) is 0 Å². The Labute approximate surface area is 119 Å². The summed E-state index contributed by atoms with van der Waals surface area (Å²) in [6.45, 7) is 0. The van der Waals surface area contributed by atoms with Gasteiger partial charge in [0, 0.05) is 24.1 Å². The molecule has 4 N–H and O–H groups in total. The molecule has 110 valence electrons. The van der Waals surface area contributed by atoms with E-state index in [2.05, 4.69) is 0 Å². The smallest absolute Gasteiger partial charge is 0.157 e. The second-order valence-corrected chi connectivity index (χ2v) is 4.95. The van der Waals surface area contributed by atoms with Gasteiger partial charge in [-0.25, -0.2) is 4.39 Å². The molecule has 0 spiro atoms. The van der Waals surface area contributed by atoms with E-state index in [0.717, 1.165) is 6.07 Å². The maximum Gasteiger partial charge on any atom is 0.157 e. The second-order valence-electron chi connectivity index (χ2n) is 4.95. The molecule has 5 nitrogen and oxygen atoms in total. The number of ether oxygens (including phenoxy) is 1. The first-order valence-corrected chi connectivity index (χ1v) is 6.33. The third-order valence-corrected chi connectivity index (χ3v) is 3.48. The molecule has 0 fully saturated rings. The molecule has 0 saturated heterocycles. The van der Waals surface area contributed by atoms with Gasteiger partial charge in [0.15, 0.2) is 17.6 Å². The van der Waals surface area contributed by atoms with Crippen LogP contribution in [0.5, 0.6) is 28.7 Å². The van der Waals surface area contributed by atoms with Crippen molar-refractivity contribution in [1.82, 2.24) is 0 Å². The van der Waals surface area contributed by atoms with Crippen LogP contribution in [0.25, 0.3) is 0 Å². The predicted octanol–water partition coefficient (Wildman–Crippen LogP) is 2.52. The summed E-state index contributed by atoms with van der Waals surface area (Å²) in [6, 6.07) is 6.34. The van der Waals surface area contributed by atoms with Gasteiger partial charge in [0.1, 0.15) is 23.4 Å². The van der Waals surface area contributed by atoms with Crippen molar-refractivity contribution in [2.75, 3.05) is 0 Å². The molecule has 2 aromatic carbocycles. The van der Waals surface area contributed by atoms with Crippen molar-refractivity contribution in [3.63, 3.8) is 0 Å². The summed E-state index contributed by atoms with van der Waals surface area (Å²) in [5.74, 6) is -0.886. The largest absolute Gasteiger partial charge is 0.508 e. The minimum absolute atomic E-state index is 0.0756. The summed E-state index contributed by atoms with van der Waals surface area (Å²) in [5, 5.41) is 38.0. The topological polar surface area (TPSA) is 90.2 Å². The van der Waals surface area contributed by atoms with E-state index < -0.39 is 12.3 Å².